The summed E-state index contributed by atoms with van der Waals surface area (Å²) in [5.74, 6) is 0.538. The van der Waals surface area contributed by atoms with E-state index in [2.05, 4.69) is 4.72 Å². The molecule has 1 aromatic rings. The predicted molar refractivity (Wildman–Crippen MR) is 66.2 cm³/mol. The van der Waals surface area contributed by atoms with Crippen molar-refractivity contribution in [3.63, 3.8) is 0 Å². The first-order valence-electron chi connectivity index (χ1n) is 5.64. The van der Waals surface area contributed by atoms with E-state index in [1.165, 1.54) is 24.2 Å². The second-order valence-corrected chi connectivity index (χ2v) is 7.65. The number of sulfonamides is 1. The van der Waals surface area contributed by atoms with Crippen LogP contribution >= 0.6 is 11.3 Å². The zero-order chi connectivity index (χ0) is 11.6. The van der Waals surface area contributed by atoms with Crippen molar-refractivity contribution >= 4 is 21.4 Å². The van der Waals surface area contributed by atoms with Gasteiger partial charge >= 0.3 is 0 Å². The predicted octanol–water partition coefficient (Wildman–Crippen LogP) is 2.53. The summed E-state index contributed by atoms with van der Waals surface area (Å²) >= 11 is 1.33. The van der Waals surface area contributed by atoms with Gasteiger partial charge < -0.3 is 0 Å². The quantitative estimate of drug-likeness (QED) is 0.903. The number of hydrogen-bond donors (Lipinski definition) is 1. The third-order valence-corrected chi connectivity index (χ3v) is 5.93. The minimum atomic E-state index is -3.26. The van der Waals surface area contributed by atoms with Crippen LogP contribution in [0.15, 0.2) is 16.3 Å². The molecule has 0 bridgehead atoms. The number of hydrogen-bond acceptors (Lipinski definition) is 3. The molecule has 2 rings (SSSR count). The average molecular weight is 259 g/mol. The fraction of sp³-hybridized carbons (Fsp3) is 0.636. The molecule has 0 spiro atoms. The van der Waals surface area contributed by atoms with Gasteiger partial charge in [0, 0.05) is 11.4 Å². The molecule has 1 aliphatic carbocycles. The molecule has 1 saturated carbocycles. The normalized spacial score (nSPS) is 18.1. The molecule has 0 saturated heterocycles. The maximum absolute atomic E-state index is 11.9. The van der Waals surface area contributed by atoms with E-state index >= 15 is 0 Å². The molecule has 1 aliphatic rings. The second kappa shape index (κ2) is 4.85. The van der Waals surface area contributed by atoms with E-state index in [9.17, 15) is 8.42 Å². The zero-order valence-electron chi connectivity index (χ0n) is 9.40. The van der Waals surface area contributed by atoms with E-state index in [0.29, 0.717) is 16.7 Å². The maximum atomic E-state index is 11.9. The van der Waals surface area contributed by atoms with Gasteiger partial charge in [-0.2, -0.15) is 0 Å². The van der Waals surface area contributed by atoms with E-state index in [1.54, 1.807) is 6.07 Å². The van der Waals surface area contributed by atoms with Crippen molar-refractivity contribution in [2.24, 2.45) is 5.92 Å². The summed E-state index contributed by atoms with van der Waals surface area (Å²) in [7, 11) is -3.26. The summed E-state index contributed by atoms with van der Waals surface area (Å²) in [4.78, 5) is 1.03. The molecule has 1 fully saturated rings. The Morgan fingerprint density at radius 1 is 1.38 bits per heavy atom. The van der Waals surface area contributed by atoms with Crippen LogP contribution in [0.1, 0.15) is 30.6 Å². The van der Waals surface area contributed by atoms with Crippen molar-refractivity contribution in [3.05, 3.63) is 17.0 Å². The van der Waals surface area contributed by atoms with Crippen molar-refractivity contribution in [2.75, 3.05) is 6.54 Å². The largest absolute Gasteiger partial charge is 0.250 e. The molecule has 1 aromatic heterocycles. The molecule has 90 valence electrons. The fourth-order valence-corrected chi connectivity index (χ4v) is 4.51. The number of aryl methyl sites for hydroxylation is 1. The van der Waals surface area contributed by atoms with Crippen LogP contribution in [0.25, 0.3) is 0 Å². The first-order valence-corrected chi connectivity index (χ1v) is 7.94. The van der Waals surface area contributed by atoms with Crippen LogP contribution in [0, 0.1) is 12.8 Å². The van der Waals surface area contributed by atoms with E-state index in [0.717, 1.165) is 17.7 Å². The second-order valence-electron chi connectivity index (χ2n) is 4.37. The first kappa shape index (κ1) is 12.1. The van der Waals surface area contributed by atoms with Crippen LogP contribution in [0.3, 0.4) is 0 Å². The molecule has 5 heteroatoms. The van der Waals surface area contributed by atoms with Crippen molar-refractivity contribution < 1.29 is 8.42 Å². The molecule has 0 aromatic carbocycles. The van der Waals surface area contributed by atoms with Gasteiger partial charge in [0.05, 0.1) is 0 Å². The van der Waals surface area contributed by atoms with Crippen molar-refractivity contribution in [1.29, 1.82) is 0 Å². The van der Waals surface area contributed by atoms with Gasteiger partial charge in [0.25, 0.3) is 0 Å². The fourth-order valence-electron chi connectivity index (χ4n) is 2.07. The van der Waals surface area contributed by atoms with Gasteiger partial charge in [-0.05, 0) is 37.8 Å². The Kier molecular flexibility index (Phi) is 3.66. The molecule has 0 unspecified atom stereocenters. The van der Waals surface area contributed by atoms with Gasteiger partial charge in [0.15, 0.2) is 0 Å². The Bertz CT molecular complexity index is 444. The Labute approximate surface area is 101 Å². The van der Waals surface area contributed by atoms with Crippen molar-refractivity contribution in [2.45, 2.75) is 36.8 Å². The van der Waals surface area contributed by atoms with Crippen LogP contribution in [0.4, 0.5) is 0 Å². The van der Waals surface area contributed by atoms with Crippen LogP contribution in [-0.2, 0) is 10.0 Å². The molecule has 3 nitrogen and oxygen atoms in total. The zero-order valence-corrected chi connectivity index (χ0v) is 11.0. The van der Waals surface area contributed by atoms with Crippen LogP contribution in [0.2, 0.25) is 0 Å². The highest BCUT2D eigenvalue weighted by Crippen LogP contribution is 2.25. The topological polar surface area (TPSA) is 46.2 Å². The third-order valence-electron chi connectivity index (χ3n) is 3.02. The molecule has 1 N–H and O–H groups in total. The van der Waals surface area contributed by atoms with Gasteiger partial charge in [0.2, 0.25) is 10.0 Å². The molecule has 0 amide bonds. The highest BCUT2D eigenvalue weighted by molar-refractivity contribution is 7.91. The Hall–Kier alpha value is -0.390. The van der Waals surface area contributed by atoms with Crippen molar-refractivity contribution in [1.82, 2.24) is 4.72 Å². The number of thiophene rings is 1. The number of nitrogens with one attached hydrogen (secondary N) is 1. The summed E-state index contributed by atoms with van der Waals surface area (Å²) in [5, 5.41) is 0. The van der Waals surface area contributed by atoms with Gasteiger partial charge in [-0.3, -0.25) is 0 Å². The summed E-state index contributed by atoms with van der Waals surface area (Å²) in [6.07, 6.45) is 4.80. The lowest BCUT2D eigenvalue weighted by Gasteiger charge is -2.09. The van der Waals surface area contributed by atoms with Crippen molar-refractivity contribution in [3.8, 4) is 0 Å². The summed E-state index contributed by atoms with van der Waals surface area (Å²) in [5.41, 5.74) is 0. The minimum Gasteiger partial charge on any atom is -0.210 e. The summed E-state index contributed by atoms with van der Waals surface area (Å²) < 4.78 is 26.9. The lowest BCUT2D eigenvalue weighted by atomic mass is 10.1. The Morgan fingerprint density at radius 3 is 2.62 bits per heavy atom. The standard InChI is InChI=1S/C11H17NO2S2/c1-9-6-7-11(15-9)16(13,14)12-8-10-4-2-3-5-10/h6-7,10,12H,2-5,8H2,1H3. The monoisotopic (exact) mass is 259 g/mol. The SMILES string of the molecule is Cc1ccc(S(=O)(=O)NCC2CCCC2)s1. The third kappa shape index (κ3) is 2.84. The minimum absolute atomic E-state index is 0.433. The Balaban J connectivity index is 1.97. The first-order chi connectivity index (χ1) is 7.58. The van der Waals surface area contributed by atoms with Gasteiger partial charge in [0.1, 0.15) is 4.21 Å². The van der Waals surface area contributed by atoms with Gasteiger partial charge in [-0.1, -0.05) is 12.8 Å². The average Bonchev–Trinajstić information content (AvgIpc) is 2.85. The lowest BCUT2D eigenvalue weighted by molar-refractivity contribution is 0.520. The molecular weight excluding hydrogens is 242 g/mol. The van der Waals surface area contributed by atoms with Crippen LogP contribution in [0.5, 0.6) is 0 Å². The summed E-state index contributed by atoms with van der Waals surface area (Å²) in [6.45, 7) is 2.51. The van der Waals surface area contributed by atoms with Gasteiger partial charge in [-0.25, -0.2) is 13.1 Å². The highest BCUT2D eigenvalue weighted by atomic mass is 32.2. The molecule has 0 radical (unpaired) electrons. The molecule has 16 heavy (non-hydrogen) atoms. The Morgan fingerprint density at radius 2 is 2.06 bits per heavy atom. The van der Waals surface area contributed by atoms with E-state index in [4.69, 9.17) is 0 Å². The van der Waals surface area contributed by atoms with E-state index in [1.807, 2.05) is 13.0 Å². The molecule has 1 heterocycles. The van der Waals surface area contributed by atoms with E-state index in [-0.39, 0.29) is 0 Å². The van der Waals surface area contributed by atoms with Gasteiger partial charge in [-0.15, -0.1) is 11.3 Å². The lowest BCUT2D eigenvalue weighted by Crippen LogP contribution is -2.27. The highest BCUT2D eigenvalue weighted by Gasteiger charge is 2.20. The van der Waals surface area contributed by atoms with E-state index < -0.39 is 10.0 Å². The smallest absolute Gasteiger partial charge is 0.210 e. The molecule has 0 aliphatic heterocycles. The number of rotatable bonds is 4. The summed E-state index contributed by atoms with van der Waals surface area (Å²) in [6, 6.07) is 3.52. The molecular formula is C11H17NO2S2. The molecule has 0 atom stereocenters. The maximum Gasteiger partial charge on any atom is 0.250 e. The van der Waals surface area contributed by atoms with Crippen LogP contribution < -0.4 is 4.72 Å². The van der Waals surface area contributed by atoms with Crippen LogP contribution in [-0.4, -0.2) is 15.0 Å².